The summed E-state index contributed by atoms with van der Waals surface area (Å²) in [6.45, 7) is 5.68. The van der Waals surface area contributed by atoms with Crippen LogP contribution >= 0.6 is 0 Å². The average Bonchev–Trinajstić information content (AvgIpc) is 2.62. The van der Waals surface area contributed by atoms with Crippen molar-refractivity contribution in [2.45, 2.75) is 51.1 Å². The van der Waals surface area contributed by atoms with Crippen LogP contribution in [0.2, 0.25) is 0 Å². The second-order valence-corrected chi connectivity index (χ2v) is 5.68. The summed E-state index contributed by atoms with van der Waals surface area (Å²) >= 11 is 0. The van der Waals surface area contributed by atoms with E-state index in [2.05, 4.69) is 21.6 Å². The van der Waals surface area contributed by atoms with Gasteiger partial charge >= 0.3 is 0 Å². The summed E-state index contributed by atoms with van der Waals surface area (Å²) < 4.78 is 26.3. The van der Waals surface area contributed by atoms with E-state index in [1.54, 1.807) is 6.92 Å². The molecule has 0 spiro atoms. The van der Waals surface area contributed by atoms with Crippen LogP contribution < -0.4 is 4.72 Å². The minimum absolute atomic E-state index is 0.0476. The molecule has 0 saturated heterocycles. The molecule has 0 radical (unpaired) electrons. The Morgan fingerprint density at radius 1 is 1.56 bits per heavy atom. The fourth-order valence-corrected chi connectivity index (χ4v) is 2.68. The molecule has 16 heavy (non-hydrogen) atoms. The Morgan fingerprint density at radius 2 is 2.25 bits per heavy atom. The summed E-state index contributed by atoms with van der Waals surface area (Å²) in [5.41, 5.74) is 0. The van der Waals surface area contributed by atoms with Crippen molar-refractivity contribution >= 4 is 10.0 Å². The number of nitrogens with one attached hydrogen (secondary N) is 2. The first-order valence-electron chi connectivity index (χ1n) is 5.49. The molecule has 0 aromatic carbocycles. The Labute approximate surface area is 96.7 Å². The van der Waals surface area contributed by atoms with Crippen molar-refractivity contribution in [1.82, 2.24) is 14.7 Å². The van der Waals surface area contributed by atoms with Gasteiger partial charge in [-0.25, -0.2) is 18.1 Å². The minimum Gasteiger partial charge on any atom is -0.332 e. The lowest BCUT2D eigenvalue weighted by Crippen LogP contribution is -2.32. The highest BCUT2D eigenvalue weighted by atomic mass is 32.2. The molecule has 0 fully saturated rings. The molecule has 92 valence electrons. The van der Waals surface area contributed by atoms with Gasteiger partial charge < -0.3 is 4.98 Å². The number of imidazole rings is 1. The maximum Gasteiger partial charge on any atom is 0.257 e. The molecule has 0 bridgehead atoms. The lowest BCUT2D eigenvalue weighted by Gasteiger charge is -2.12. The molecule has 0 aliphatic carbocycles. The number of hydrogen-bond acceptors (Lipinski definition) is 3. The molecule has 1 heterocycles. The molecule has 0 aliphatic rings. The van der Waals surface area contributed by atoms with Crippen LogP contribution in [0.15, 0.2) is 11.2 Å². The van der Waals surface area contributed by atoms with Crippen molar-refractivity contribution in [3.63, 3.8) is 0 Å². The van der Waals surface area contributed by atoms with Gasteiger partial charge in [0.2, 0.25) is 0 Å². The van der Waals surface area contributed by atoms with E-state index in [1.165, 1.54) is 6.20 Å². The third-order valence-electron chi connectivity index (χ3n) is 2.32. The van der Waals surface area contributed by atoms with E-state index < -0.39 is 10.0 Å². The lowest BCUT2D eigenvalue weighted by atomic mass is 10.2. The number of rotatable bonds is 6. The second kappa shape index (κ2) is 5.45. The van der Waals surface area contributed by atoms with Crippen LogP contribution in [0.1, 0.15) is 38.9 Å². The van der Waals surface area contributed by atoms with Gasteiger partial charge in [0, 0.05) is 6.04 Å². The smallest absolute Gasteiger partial charge is 0.257 e. The Balaban J connectivity index is 2.65. The highest BCUT2D eigenvalue weighted by Gasteiger charge is 2.18. The monoisotopic (exact) mass is 245 g/mol. The highest BCUT2D eigenvalue weighted by Crippen LogP contribution is 2.08. The van der Waals surface area contributed by atoms with Gasteiger partial charge in [-0.15, -0.1) is 0 Å². The average molecular weight is 245 g/mol. The van der Waals surface area contributed by atoms with Crippen molar-refractivity contribution in [2.75, 3.05) is 0 Å². The molecule has 1 unspecified atom stereocenters. The molecule has 6 heteroatoms. The first kappa shape index (κ1) is 13.2. The van der Waals surface area contributed by atoms with Crippen molar-refractivity contribution in [3.8, 4) is 0 Å². The maximum atomic E-state index is 11.8. The van der Waals surface area contributed by atoms with Crippen molar-refractivity contribution in [1.29, 1.82) is 0 Å². The number of aromatic nitrogens is 2. The molecule has 1 rings (SSSR count). The van der Waals surface area contributed by atoms with Crippen LogP contribution in [0, 0.1) is 6.92 Å². The second-order valence-electron chi connectivity index (χ2n) is 4.00. The van der Waals surface area contributed by atoms with Gasteiger partial charge in [-0.1, -0.05) is 19.8 Å². The molecule has 1 atom stereocenters. The standard InChI is InChI=1S/C10H19N3O2S/c1-4-5-6-8(2)13-16(14,15)10-7-11-9(3)12-10/h7-8,13H,4-6H2,1-3H3,(H,11,12). The minimum atomic E-state index is -3.44. The van der Waals surface area contributed by atoms with Crippen LogP contribution in [0.4, 0.5) is 0 Å². The normalized spacial score (nSPS) is 13.9. The molecule has 0 amide bonds. The molecule has 1 aromatic rings. The van der Waals surface area contributed by atoms with Gasteiger partial charge in [-0.2, -0.15) is 0 Å². The topological polar surface area (TPSA) is 74.8 Å². The van der Waals surface area contributed by atoms with Crippen LogP contribution in [-0.4, -0.2) is 24.4 Å². The van der Waals surface area contributed by atoms with Crippen molar-refractivity contribution in [2.24, 2.45) is 0 Å². The summed E-state index contributed by atoms with van der Waals surface area (Å²) in [4.78, 5) is 6.59. The molecular weight excluding hydrogens is 226 g/mol. The van der Waals surface area contributed by atoms with E-state index in [1.807, 2.05) is 6.92 Å². The first-order valence-corrected chi connectivity index (χ1v) is 6.98. The Kier molecular flexibility index (Phi) is 4.49. The largest absolute Gasteiger partial charge is 0.332 e. The fourth-order valence-electron chi connectivity index (χ4n) is 1.43. The summed E-state index contributed by atoms with van der Waals surface area (Å²) in [5, 5.41) is 0.133. The van der Waals surface area contributed by atoms with Gasteiger partial charge in [0.15, 0.2) is 5.03 Å². The number of hydrogen-bond donors (Lipinski definition) is 2. The molecule has 5 nitrogen and oxygen atoms in total. The molecule has 0 saturated carbocycles. The summed E-state index contributed by atoms with van der Waals surface area (Å²) in [5.74, 6) is 0.599. The van der Waals surface area contributed by atoms with E-state index in [0.717, 1.165) is 19.3 Å². The Bertz CT molecular complexity index is 425. The van der Waals surface area contributed by atoms with Crippen LogP contribution in [-0.2, 0) is 10.0 Å². The third-order valence-corrected chi connectivity index (χ3v) is 3.82. The van der Waals surface area contributed by atoms with Gasteiger partial charge in [-0.3, -0.25) is 0 Å². The number of sulfonamides is 1. The molecular formula is C10H19N3O2S. The Morgan fingerprint density at radius 3 is 2.75 bits per heavy atom. The molecule has 1 aromatic heterocycles. The number of H-pyrrole nitrogens is 1. The summed E-state index contributed by atoms with van der Waals surface area (Å²) in [6.07, 6.45) is 4.27. The summed E-state index contributed by atoms with van der Waals surface area (Å²) in [6, 6.07) is -0.0476. The zero-order chi connectivity index (χ0) is 12.2. The number of aromatic amines is 1. The van der Waals surface area contributed by atoms with Gasteiger partial charge in [0.25, 0.3) is 10.0 Å². The highest BCUT2D eigenvalue weighted by molar-refractivity contribution is 7.89. The predicted molar refractivity (Wildman–Crippen MR) is 62.6 cm³/mol. The van der Waals surface area contributed by atoms with E-state index >= 15 is 0 Å². The fraction of sp³-hybridized carbons (Fsp3) is 0.700. The zero-order valence-electron chi connectivity index (χ0n) is 9.95. The van der Waals surface area contributed by atoms with E-state index in [4.69, 9.17) is 0 Å². The van der Waals surface area contributed by atoms with E-state index in [9.17, 15) is 8.42 Å². The van der Waals surface area contributed by atoms with Gasteiger partial charge in [0.1, 0.15) is 5.82 Å². The number of aryl methyl sites for hydroxylation is 1. The quantitative estimate of drug-likeness (QED) is 0.799. The summed E-state index contributed by atoms with van der Waals surface area (Å²) in [7, 11) is -3.44. The third kappa shape index (κ3) is 3.61. The predicted octanol–water partition coefficient (Wildman–Crippen LogP) is 1.58. The van der Waals surface area contributed by atoms with Gasteiger partial charge in [-0.05, 0) is 20.3 Å². The lowest BCUT2D eigenvalue weighted by molar-refractivity contribution is 0.532. The van der Waals surface area contributed by atoms with Crippen molar-refractivity contribution < 1.29 is 8.42 Å². The van der Waals surface area contributed by atoms with E-state index in [0.29, 0.717) is 5.82 Å². The van der Waals surface area contributed by atoms with Crippen LogP contribution in [0.3, 0.4) is 0 Å². The molecule has 2 N–H and O–H groups in total. The Hall–Kier alpha value is -0.880. The molecule has 0 aliphatic heterocycles. The zero-order valence-corrected chi connectivity index (χ0v) is 10.8. The van der Waals surface area contributed by atoms with Crippen LogP contribution in [0.5, 0.6) is 0 Å². The van der Waals surface area contributed by atoms with Crippen molar-refractivity contribution in [3.05, 3.63) is 12.0 Å². The SMILES string of the molecule is CCCCC(C)NS(=O)(=O)c1cnc(C)[nH]1. The maximum absolute atomic E-state index is 11.8. The van der Waals surface area contributed by atoms with E-state index in [-0.39, 0.29) is 11.1 Å². The first-order chi connectivity index (χ1) is 7.45. The number of nitrogens with zero attached hydrogens (tertiary/aromatic N) is 1. The number of unbranched alkanes of at least 4 members (excludes halogenated alkanes) is 1. The van der Waals surface area contributed by atoms with Gasteiger partial charge in [0.05, 0.1) is 6.20 Å². The van der Waals surface area contributed by atoms with Crippen LogP contribution in [0.25, 0.3) is 0 Å².